The van der Waals surface area contributed by atoms with Gasteiger partial charge in [0.25, 0.3) is 5.91 Å². The van der Waals surface area contributed by atoms with Gasteiger partial charge in [-0.25, -0.2) is 0 Å². The number of carbonyl (C=O) groups excluding carboxylic acids is 1. The quantitative estimate of drug-likeness (QED) is 0.848. The van der Waals surface area contributed by atoms with Crippen molar-refractivity contribution in [3.05, 3.63) is 42.0 Å². The van der Waals surface area contributed by atoms with Crippen LogP contribution in [-0.2, 0) is 0 Å². The summed E-state index contributed by atoms with van der Waals surface area (Å²) in [5, 5.41) is 5.30. The summed E-state index contributed by atoms with van der Waals surface area (Å²) in [6.45, 7) is 6.32. The molecule has 1 aliphatic heterocycles. The Bertz CT molecular complexity index is 648. The zero-order chi connectivity index (χ0) is 13.6. The average Bonchev–Trinajstić information content (AvgIpc) is 2.36. The first-order valence-electron chi connectivity index (χ1n) is 6.70. The molecule has 0 saturated carbocycles. The second-order valence-electron chi connectivity index (χ2n) is 5.37. The predicted molar refractivity (Wildman–Crippen MR) is 78.5 cm³/mol. The third-order valence-electron chi connectivity index (χ3n) is 3.70. The molecule has 3 nitrogen and oxygen atoms in total. The zero-order valence-electron chi connectivity index (χ0n) is 11.5. The van der Waals surface area contributed by atoms with Gasteiger partial charge in [0.15, 0.2) is 0 Å². The number of carbonyl (C=O) groups is 1. The van der Waals surface area contributed by atoms with Crippen LogP contribution in [0.4, 0.5) is 5.69 Å². The van der Waals surface area contributed by atoms with Crippen molar-refractivity contribution in [1.82, 2.24) is 5.32 Å². The Hall–Kier alpha value is -2.03. The number of nitrogens with zero attached hydrogens (tertiary/aromatic N) is 1. The zero-order valence-corrected chi connectivity index (χ0v) is 11.5. The lowest BCUT2D eigenvalue weighted by Gasteiger charge is -2.40. The molecule has 3 heteroatoms. The molecule has 1 unspecified atom stereocenters. The summed E-state index contributed by atoms with van der Waals surface area (Å²) in [6, 6.07) is 12.6. The second-order valence-corrected chi connectivity index (χ2v) is 5.37. The van der Waals surface area contributed by atoms with Crippen molar-refractivity contribution in [3.63, 3.8) is 0 Å². The molecule has 0 fully saturated rings. The van der Waals surface area contributed by atoms with E-state index < -0.39 is 0 Å². The number of hydrogen-bond donors (Lipinski definition) is 1. The lowest BCUT2D eigenvalue weighted by atomic mass is 10.0. The van der Waals surface area contributed by atoms with E-state index in [1.54, 1.807) is 0 Å². The molecule has 0 aromatic heterocycles. The summed E-state index contributed by atoms with van der Waals surface area (Å²) < 4.78 is 0. The number of nitrogens with one attached hydrogen (secondary N) is 1. The third kappa shape index (κ3) is 1.86. The molecule has 1 aliphatic rings. The normalized spacial score (nSPS) is 18.6. The maximum absolute atomic E-state index is 12.2. The van der Waals surface area contributed by atoms with Crippen LogP contribution in [0.5, 0.6) is 0 Å². The van der Waals surface area contributed by atoms with Crippen LogP contribution in [-0.4, -0.2) is 18.1 Å². The molecule has 0 spiro atoms. The van der Waals surface area contributed by atoms with Gasteiger partial charge in [-0.05, 0) is 43.7 Å². The number of fused-ring (bicyclic) bond motifs is 2. The molecule has 0 aliphatic carbocycles. The number of amides is 1. The Morgan fingerprint density at radius 1 is 1.16 bits per heavy atom. The number of hydrogen-bond acceptors (Lipinski definition) is 2. The molecule has 19 heavy (non-hydrogen) atoms. The van der Waals surface area contributed by atoms with Crippen LogP contribution in [0.1, 0.15) is 31.1 Å². The molecule has 1 amide bonds. The highest BCUT2D eigenvalue weighted by atomic mass is 16.2. The minimum atomic E-state index is 0.0187. The highest BCUT2D eigenvalue weighted by molar-refractivity contribution is 6.06. The SMILES string of the molecule is CC(C)N1c2cc3ccccc3cc2C(=O)NC1C. The summed E-state index contributed by atoms with van der Waals surface area (Å²) in [5.74, 6) is 0.0187. The van der Waals surface area contributed by atoms with E-state index in [2.05, 4.69) is 36.2 Å². The smallest absolute Gasteiger partial charge is 0.254 e. The molecule has 1 N–H and O–H groups in total. The van der Waals surface area contributed by atoms with Crippen LogP contribution >= 0.6 is 0 Å². The maximum Gasteiger partial charge on any atom is 0.254 e. The van der Waals surface area contributed by atoms with Crippen LogP contribution in [0.3, 0.4) is 0 Å². The highest BCUT2D eigenvalue weighted by Crippen LogP contribution is 2.32. The standard InChI is InChI=1S/C16H18N2O/c1-10(2)18-11(3)17-16(19)14-8-12-6-4-5-7-13(12)9-15(14)18/h4-11H,1-3H3,(H,17,19). The lowest BCUT2D eigenvalue weighted by Crippen LogP contribution is -2.53. The molecular formula is C16H18N2O. The van der Waals surface area contributed by atoms with Crippen molar-refractivity contribution in [3.8, 4) is 0 Å². The number of benzene rings is 2. The average molecular weight is 254 g/mol. The van der Waals surface area contributed by atoms with Crippen LogP contribution < -0.4 is 10.2 Å². The Kier molecular flexibility index (Phi) is 2.70. The summed E-state index contributed by atoms with van der Waals surface area (Å²) >= 11 is 0. The Morgan fingerprint density at radius 2 is 1.79 bits per heavy atom. The summed E-state index contributed by atoms with van der Waals surface area (Å²) in [5.41, 5.74) is 1.80. The third-order valence-corrected chi connectivity index (χ3v) is 3.70. The summed E-state index contributed by atoms with van der Waals surface area (Å²) in [6.07, 6.45) is 0.0289. The van der Waals surface area contributed by atoms with Gasteiger partial charge in [-0.3, -0.25) is 4.79 Å². The Labute approximate surface area is 113 Å². The van der Waals surface area contributed by atoms with Gasteiger partial charge in [0.05, 0.1) is 17.4 Å². The van der Waals surface area contributed by atoms with Crippen LogP contribution in [0.25, 0.3) is 10.8 Å². The highest BCUT2D eigenvalue weighted by Gasteiger charge is 2.29. The van der Waals surface area contributed by atoms with Crippen molar-refractivity contribution in [2.24, 2.45) is 0 Å². The largest absolute Gasteiger partial charge is 0.348 e. The fourth-order valence-electron chi connectivity index (χ4n) is 2.89. The van der Waals surface area contributed by atoms with Gasteiger partial charge in [0.1, 0.15) is 0 Å². The van der Waals surface area contributed by atoms with E-state index in [1.807, 2.05) is 31.2 Å². The number of rotatable bonds is 1. The fourth-order valence-corrected chi connectivity index (χ4v) is 2.89. The molecule has 2 aromatic rings. The fraction of sp³-hybridized carbons (Fsp3) is 0.312. The van der Waals surface area contributed by atoms with Crippen molar-refractivity contribution in [2.75, 3.05) is 4.90 Å². The second kappa shape index (κ2) is 4.26. The van der Waals surface area contributed by atoms with E-state index in [1.165, 1.54) is 5.39 Å². The number of anilines is 1. The van der Waals surface area contributed by atoms with Crippen molar-refractivity contribution >= 4 is 22.4 Å². The van der Waals surface area contributed by atoms with Crippen LogP contribution in [0.15, 0.2) is 36.4 Å². The molecule has 3 rings (SSSR count). The molecule has 1 heterocycles. The van der Waals surface area contributed by atoms with Crippen LogP contribution in [0.2, 0.25) is 0 Å². The van der Waals surface area contributed by atoms with E-state index in [0.29, 0.717) is 6.04 Å². The van der Waals surface area contributed by atoms with Gasteiger partial charge >= 0.3 is 0 Å². The summed E-state index contributed by atoms with van der Waals surface area (Å²) in [4.78, 5) is 14.4. The van der Waals surface area contributed by atoms with Crippen molar-refractivity contribution < 1.29 is 4.79 Å². The summed E-state index contributed by atoms with van der Waals surface area (Å²) in [7, 11) is 0. The van der Waals surface area contributed by atoms with E-state index in [0.717, 1.165) is 16.6 Å². The first kappa shape index (κ1) is 12.0. The molecule has 0 saturated heterocycles. The van der Waals surface area contributed by atoms with E-state index in [9.17, 15) is 4.79 Å². The van der Waals surface area contributed by atoms with Crippen molar-refractivity contribution in [1.29, 1.82) is 0 Å². The van der Waals surface area contributed by atoms with Gasteiger partial charge in [0.2, 0.25) is 0 Å². The Balaban J connectivity index is 2.27. The van der Waals surface area contributed by atoms with Gasteiger partial charge in [-0.1, -0.05) is 24.3 Å². The van der Waals surface area contributed by atoms with Gasteiger partial charge in [-0.2, -0.15) is 0 Å². The topological polar surface area (TPSA) is 32.3 Å². The van der Waals surface area contributed by atoms with Crippen LogP contribution in [0, 0.1) is 0 Å². The molecule has 0 radical (unpaired) electrons. The predicted octanol–water partition coefficient (Wildman–Crippen LogP) is 3.14. The monoisotopic (exact) mass is 254 g/mol. The lowest BCUT2D eigenvalue weighted by molar-refractivity contribution is 0.0929. The van der Waals surface area contributed by atoms with Gasteiger partial charge in [0, 0.05) is 6.04 Å². The maximum atomic E-state index is 12.2. The first-order chi connectivity index (χ1) is 9.08. The van der Waals surface area contributed by atoms with E-state index >= 15 is 0 Å². The first-order valence-corrected chi connectivity index (χ1v) is 6.70. The molecule has 2 aromatic carbocycles. The molecule has 0 bridgehead atoms. The molecule has 1 atom stereocenters. The van der Waals surface area contributed by atoms with Gasteiger partial charge in [-0.15, -0.1) is 0 Å². The van der Waals surface area contributed by atoms with Gasteiger partial charge < -0.3 is 10.2 Å². The minimum Gasteiger partial charge on any atom is -0.348 e. The molecular weight excluding hydrogens is 236 g/mol. The Morgan fingerprint density at radius 3 is 2.42 bits per heavy atom. The molecule has 98 valence electrons. The van der Waals surface area contributed by atoms with E-state index in [-0.39, 0.29) is 12.1 Å². The van der Waals surface area contributed by atoms with Crippen molar-refractivity contribution in [2.45, 2.75) is 33.0 Å². The van der Waals surface area contributed by atoms with E-state index in [4.69, 9.17) is 0 Å². The minimum absolute atomic E-state index is 0.0187.